The zero-order valence-electron chi connectivity index (χ0n) is 12.7. The van der Waals surface area contributed by atoms with Crippen molar-refractivity contribution in [3.05, 3.63) is 40.8 Å². The maximum absolute atomic E-state index is 5.87. The molecule has 0 aliphatic rings. The van der Waals surface area contributed by atoms with Crippen molar-refractivity contribution in [2.75, 3.05) is 6.61 Å². The second kappa shape index (κ2) is 6.43. The average molecular weight is 351 g/mol. The van der Waals surface area contributed by atoms with Gasteiger partial charge in [-0.15, -0.1) is 0 Å². The van der Waals surface area contributed by atoms with E-state index >= 15 is 0 Å². The lowest BCUT2D eigenvalue weighted by Gasteiger charge is -2.18. The highest BCUT2D eigenvalue weighted by atomic mass is 79.9. The van der Waals surface area contributed by atoms with Crippen LogP contribution in [0, 0.1) is 0 Å². The predicted octanol–water partition coefficient (Wildman–Crippen LogP) is 4.73. The third-order valence-corrected chi connectivity index (χ3v) is 3.11. The van der Waals surface area contributed by atoms with Gasteiger partial charge in [0.25, 0.3) is 0 Å². The highest BCUT2D eigenvalue weighted by Gasteiger charge is 2.19. The fourth-order valence-corrected chi connectivity index (χ4v) is 2.07. The highest BCUT2D eigenvalue weighted by Crippen LogP contribution is 2.32. The lowest BCUT2D eigenvalue weighted by atomic mass is 9.96. The van der Waals surface area contributed by atoms with Gasteiger partial charge in [0.05, 0.1) is 6.61 Å². The molecule has 0 saturated heterocycles. The van der Waals surface area contributed by atoms with E-state index in [1.165, 1.54) is 0 Å². The van der Waals surface area contributed by atoms with E-state index in [1.54, 1.807) is 6.07 Å². The van der Waals surface area contributed by atoms with Crippen LogP contribution in [0.3, 0.4) is 0 Å². The highest BCUT2D eigenvalue weighted by molar-refractivity contribution is 9.10. The molecule has 1 aromatic carbocycles. The fourth-order valence-electron chi connectivity index (χ4n) is 1.71. The van der Waals surface area contributed by atoms with E-state index in [-0.39, 0.29) is 5.41 Å². The second-order valence-corrected chi connectivity index (χ2v) is 6.40. The van der Waals surface area contributed by atoms with Gasteiger partial charge in [0.15, 0.2) is 11.5 Å². The van der Waals surface area contributed by atoms with Crippen molar-refractivity contribution < 1.29 is 9.47 Å². The van der Waals surface area contributed by atoms with Gasteiger partial charge < -0.3 is 9.47 Å². The summed E-state index contributed by atoms with van der Waals surface area (Å²) in [5, 5.41) is 0. The number of ether oxygens (including phenoxy) is 2. The van der Waals surface area contributed by atoms with Crippen molar-refractivity contribution in [2.45, 2.75) is 33.1 Å². The molecule has 0 aliphatic heterocycles. The van der Waals surface area contributed by atoms with Gasteiger partial charge in [-0.3, -0.25) is 0 Å². The van der Waals surface area contributed by atoms with Gasteiger partial charge in [0, 0.05) is 11.5 Å². The molecule has 0 bridgehead atoms. The lowest BCUT2D eigenvalue weighted by Crippen LogP contribution is -2.16. The van der Waals surface area contributed by atoms with Crippen molar-refractivity contribution in [2.24, 2.45) is 0 Å². The summed E-state index contributed by atoms with van der Waals surface area (Å²) in [6, 6.07) is 9.29. The second-order valence-electron chi connectivity index (χ2n) is 5.58. The van der Waals surface area contributed by atoms with E-state index in [9.17, 15) is 0 Å². The summed E-state index contributed by atoms with van der Waals surface area (Å²) in [7, 11) is 0. The maximum atomic E-state index is 5.87. The molecule has 0 atom stereocenters. The first-order valence-electron chi connectivity index (χ1n) is 6.85. The van der Waals surface area contributed by atoms with Crippen LogP contribution in [0.5, 0.6) is 17.4 Å². The standard InChI is InChI=1S/C16H19BrN2O2/c1-5-20-11-8-6-7-9-12(11)21-14-10-13(17)18-15(19-14)16(2,3)4/h6-10H,5H2,1-4H3. The molecule has 2 rings (SSSR count). The summed E-state index contributed by atoms with van der Waals surface area (Å²) < 4.78 is 12.1. The Morgan fingerprint density at radius 3 is 2.38 bits per heavy atom. The number of para-hydroxylation sites is 2. The number of benzene rings is 1. The number of hydrogen-bond acceptors (Lipinski definition) is 4. The summed E-state index contributed by atoms with van der Waals surface area (Å²) >= 11 is 3.41. The predicted molar refractivity (Wildman–Crippen MR) is 86.1 cm³/mol. The number of rotatable bonds is 4. The molecule has 2 aromatic rings. The largest absolute Gasteiger partial charge is 0.490 e. The van der Waals surface area contributed by atoms with E-state index < -0.39 is 0 Å². The summed E-state index contributed by atoms with van der Waals surface area (Å²) in [5.74, 6) is 2.56. The van der Waals surface area contributed by atoms with E-state index in [1.807, 2.05) is 31.2 Å². The average Bonchev–Trinajstić information content (AvgIpc) is 2.40. The van der Waals surface area contributed by atoms with Crippen molar-refractivity contribution >= 4 is 15.9 Å². The number of nitrogens with zero attached hydrogens (tertiary/aromatic N) is 2. The smallest absolute Gasteiger partial charge is 0.223 e. The van der Waals surface area contributed by atoms with Crippen molar-refractivity contribution in [1.29, 1.82) is 0 Å². The first kappa shape index (κ1) is 15.8. The third kappa shape index (κ3) is 4.17. The van der Waals surface area contributed by atoms with E-state index in [0.29, 0.717) is 28.6 Å². The summed E-state index contributed by atoms with van der Waals surface area (Å²) in [6.45, 7) is 8.71. The fraction of sp³-hybridized carbons (Fsp3) is 0.375. The molecule has 0 aliphatic carbocycles. The zero-order chi connectivity index (χ0) is 15.5. The quantitative estimate of drug-likeness (QED) is 0.747. The van der Waals surface area contributed by atoms with Crippen molar-refractivity contribution in [3.63, 3.8) is 0 Å². The SMILES string of the molecule is CCOc1ccccc1Oc1cc(Br)nc(C(C)(C)C)n1. The molecule has 4 nitrogen and oxygen atoms in total. The van der Waals surface area contributed by atoms with Crippen LogP contribution in [0.2, 0.25) is 0 Å². The zero-order valence-corrected chi connectivity index (χ0v) is 14.3. The van der Waals surface area contributed by atoms with Crippen LogP contribution in [0.4, 0.5) is 0 Å². The molecule has 0 N–H and O–H groups in total. The third-order valence-electron chi connectivity index (χ3n) is 2.71. The van der Waals surface area contributed by atoms with Crippen molar-refractivity contribution in [3.8, 4) is 17.4 Å². The van der Waals surface area contributed by atoms with Crippen LogP contribution in [-0.2, 0) is 5.41 Å². The first-order valence-corrected chi connectivity index (χ1v) is 7.64. The van der Waals surface area contributed by atoms with Gasteiger partial charge in [-0.1, -0.05) is 32.9 Å². The molecule has 0 spiro atoms. The Hall–Kier alpha value is -1.62. The number of halogens is 1. The van der Waals surface area contributed by atoms with Crippen LogP contribution in [0.1, 0.15) is 33.5 Å². The minimum Gasteiger partial charge on any atom is -0.490 e. The number of hydrogen-bond donors (Lipinski definition) is 0. The Morgan fingerprint density at radius 2 is 1.76 bits per heavy atom. The lowest BCUT2D eigenvalue weighted by molar-refractivity contribution is 0.318. The Labute approximate surface area is 133 Å². The Kier molecular flexibility index (Phi) is 4.83. The van der Waals surface area contributed by atoms with Crippen LogP contribution >= 0.6 is 15.9 Å². The maximum Gasteiger partial charge on any atom is 0.223 e. The molecule has 5 heteroatoms. The molecule has 21 heavy (non-hydrogen) atoms. The minimum atomic E-state index is -0.151. The molecule has 0 saturated carbocycles. The summed E-state index contributed by atoms with van der Waals surface area (Å²) in [6.07, 6.45) is 0. The van der Waals surface area contributed by atoms with Gasteiger partial charge in [-0.25, -0.2) is 4.98 Å². The normalized spacial score (nSPS) is 11.3. The van der Waals surface area contributed by atoms with E-state index in [0.717, 1.165) is 5.82 Å². The molecular weight excluding hydrogens is 332 g/mol. The van der Waals surface area contributed by atoms with E-state index in [2.05, 4.69) is 46.7 Å². The van der Waals surface area contributed by atoms with Gasteiger partial charge in [-0.2, -0.15) is 4.98 Å². The molecule has 0 fully saturated rings. The van der Waals surface area contributed by atoms with Crippen LogP contribution in [0.25, 0.3) is 0 Å². The Morgan fingerprint density at radius 1 is 1.10 bits per heavy atom. The van der Waals surface area contributed by atoms with Gasteiger partial charge >= 0.3 is 0 Å². The van der Waals surface area contributed by atoms with Gasteiger partial charge in [0.2, 0.25) is 5.88 Å². The van der Waals surface area contributed by atoms with Gasteiger partial charge in [0.1, 0.15) is 10.4 Å². The van der Waals surface area contributed by atoms with Crippen LogP contribution in [-0.4, -0.2) is 16.6 Å². The minimum absolute atomic E-state index is 0.151. The van der Waals surface area contributed by atoms with E-state index in [4.69, 9.17) is 9.47 Å². The first-order chi connectivity index (χ1) is 9.90. The van der Waals surface area contributed by atoms with Crippen LogP contribution < -0.4 is 9.47 Å². The molecule has 0 radical (unpaired) electrons. The molecule has 0 amide bonds. The Bertz CT molecular complexity index is 624. The van der Waals surface area contributed by atoms with Crippen molar-refractivity contribution in [1.82, 2.24) is 9.97 Å². The number of aromatic nitrogens is 2. The molecule has 1 heterocycles. The Balaban J connectivity index is 2.34. The van der Waals surface area contributed by atoms with Gasteiger partial charge in [-0.05, 0) is 35.0 Å². The summed E-state index contributed by atoms with van der Waals surface area (Å²) in [4.78, 5) is 8.88. The summed E-state index contributed by atoms with van der Waals surface area (Å²) in [5.41, 5.74) is -0.151. The van der Waals surface area contributed by atoms with Crippen LogP contribution in [0.15, 0.2) is 34.9 Å². The molecular formula is C16H19BrN2O2. The topological polar surface area (TPSA) is 44.2 Å². The molecule has 112 valence electrons. The molecule has 0 unspecified atom stereocenters. The monoisotopic (exact) mass is 350 g/mol. The molecule has 1 aromatic heterocycles.